The van der Waals surface area contributed by atoms with E-state index in [-0.39, 0.29) is 0 Å². The number of hydrogen-bond donors (Lipinski definition) is 1. The van der Waals surface area contributed by atoms with Crippen LogP contribution >= 0.6 is 0 Å². The highest BCUT2D eigenvalue weighted by Gasteiger charge is 2.22. The van der Waals surface area contributed by atoms with Gasteiger partial charge in [-0.1, -0.05) is 24.3 Å². The lowest BCUT2D eigenvalue weighted by molar-refractivity contribution is 0.0347. The number of nitrogens with zero attached hydrogens (tertiary/aromatic N) is 1. The average Bonchev–Trinajstić information content (AvgIpc) is 2.40. The summed E-state index contributed by atoms with van der Waals surface area (Å²) >= 11 is 0. The first kappa shape index (κ1) is 11.2. The molecule has 3 nitrogen and oxygen atoms in total. The summed E-state index contributed by atoms with van der Waals surface area (Å²) in [5.74, 6) is 0.637. The Morgan fingerprint density at radius 3 is 2.94 bits per heavy atom. The van der Waals surface area contributed by atoms with Crippen LogP contribution in [0.2, 0.25) is 0 Å². The van der Waals surface area contributed by atoms with E-state index >= 15 is 0 Å². The van der Waals surface area contributed by atoms with E-state index in [0.29, 0.717) is 5.92 Å². The number of morpholine rings is 1. The van der Waals surface area contributed by atoms with Crippen LogP contribution in [0, 0.1) is 0 Å². The molecular formula is C14H20N2O. The molecule has 1 atom stereocenters. The lowest BCUT2D eigenvalue weighted by Crippen LogP contribution is -2.42. The van der Waals surface area contributed by atoms with Crippen LogP contribution in [0.5, 0.6) is 0 Å². The van der Waals surface area contributed by atoms with E-state index in [4.69, 9.17) is 4.74 Å². The van der Waals surface area contributed by atoms with E-state index in [2.05, 4.69) is 34.5 Å². The molecule has 0 radical (unpaired) electrons. The molecule has 1 aromatic carbocycles. The van der Waals surface area contributed by atoms with E-state index < -0.39 is 0 Å². The quantitative estimate of drug-likeness (QED) is 0.829. The lowest BCUT2D eigenvalue weighted by Gasteiger charge is -2.33. The molecule has 3 rings (SSSR count). The minimum Gasteiger partial charge on any atom is -0.379 e. The second kappa shape index (κ2) is 5.17. The fraction of sp³-hybridized carbons (Fsp3) is 0.571. The molecule has 1 aromatic rings. The minimum absolute atomic E-state index is 0.637. The Balaban J connectivity index is 1.71. The predicted molar refractivity (Wildman–Crippen MR) is 68.1 cm³/mol. The van der Waals surface area contributed by atoms with Gasteiger partial charge in [-0.3, -0.25) is 4.90 Å². The van der Waals surface area contributed by atoms with Crippen LogP contribution in [-0.4, -0.2) is 44.3 Å². The van der Waals surface area contributed by atoms with Gasteiger partial charge in [0.25, 0.3) is 0 Å². The molecule has 2 heterocycles. The van der Waals surface area contributed by atoms with Gasteiger partial charge in [-0.2, -0.15) is 0 Å². The molecule has 3 heteroatoms. The Morgan fingerprint density at radius 2 is 2.06 bits per heavy atom. The molecule has 1 unspecified atom stereocenters. The van der Waals surface area contributed by atoms with E-state index in [1.807, 2.05) is 0 Å². The number of ether oxygens (including phenoxy) is 1. The molecular weight excluding hydrogens is 212 g/mol. The summed E-state index contributed by atoms with van der Waals surface area (Å²) in [6.07, 6.45) is 0. The second-order valence-electron chi connectivity index (χ2n) is 4.94. The monoisotopic (exact) mass is 232 g/mol. The summed E-state index contributed by atoms with van der Waals surface area (Å²) in [6, 6.07) is 8.84. The van der Waals surface area contributed by atoms with Gasteiger partial charge in [-0.15, -0.1) is 0 Å². The van der Waals surface area contributed by atoms with Gasteiger partial charge in [0.15, 0.2) is 0 Å². The summed E-state index contributed by atoms with van der Waals surface area (Å²) in [6.45, 7) is 7.23. The van der Waals surface area contributed by atoms with E-state index in [1.165, 1.54) is 11.1 Å². The second-order valence-corrected chi connectivity index (χ2v) is 4.94. The fourth-order valence-corrected chi connectivity index (χ4v) is 2.84. The first-order valence-electron chi connectivity index (χ1n) is 6.52. The number of fused-ring (bicyclic) bond motifs is 1. The zero-order chi connectivity index (χ0) is 11.5. The molecule has 2 aliphatic heterocycles. The van der Waals surface area contributed by atoms with Gasteiger partial charge >= 0.3 is 0 Å². The maximum Gasteiger partial charge on any atom is 0.0594 e. The molecule has 0 aliphatic carbocycles. The molecule has 17 heavy (non-hydrogen) atoms. The first-order chi connectivity index (χ1) is 8.43. The first-order valence-corrected chi connectivity index (χ1v) is 6.52. The van der Waals surface area contributed by atoms with Crippen LogP contribution in [0.1, 0.15) is 17.0 Å². The van der Waals surface area contributed by atoms with Gasteiger partial charge < -0.3 is 10.1 Å². The van der Waals surface area contributed by atoms with Crippen LogP contribution < -0.4 is 5.32 Å². The van der Waals surface area contributed by atoms with Crippen molar-refractivity contribution >= 4 is 0 Å². The topological polar surface area (TPSA) is 24.5 Å². The number of nitrogens with one attached hydrogen (secondary N) is 1. The molecule has 0 saturated carbocycles. The Kier molecular flexibility index (Phi) is 3.41. The average molecular weight is 232 g/mol. The standard InChI is InChI=1S/C14H20N2O/c1-2-4-14-12(3-1)9-15-10-13(14)11-16-5-7-17-8-6-16/h1-4,13,15H,5-11H2. The van der Waals surface area contributed by atoms with Crippen LogP contribution in [0.25, 0.3) is 0 Å². The summed E-state index contributed by atoms with van der Waals surface area (Å²) in [5, 5.41) is 3.52. The number of benzene rings is 1. The molecule has 0 spiro atoms. The van der Waals surface area contributed by atoms with Crippen molar-refractivity contribution in [3.05, 3.63) is 35.4 Å². The number of hydrogen-bond acceptors (Lipinski definition) is 3. The van der Waals surface area contributed by atoms with Crippen molar-refractivity contribution in [1.82, 2.24) is 10.2 Å². The Morgan fingerprint density at radius 1 is 1.24 bits per heavy atom. The van der Waals surface area contributed by atoms with Gasteiger partial charge in [0.2, 0.25) is 0 Å². The van der Waals surface area contributed by atoms with Crippen molar-refractivity contribution in [3.63, 3.8) is 0 Å². The summed E-state index contributed by atoms with van der Waals surface area (Å²) in [7, 11) is 0. The van der Waals surface area contributed by atoms with Crippen LogP contribution in [0.3, 0.4) is 0 Å². The fourth-order valence-electron chi connectivity index (χ4n) is 2.84. The lowest BCUT2D eigenvalue weighted by atomic mass is 9.90. The molecule has 92 valence electrons. The highest BCUT2D eigenvalue weighted by Crippen LogP contribution is 2.24. The van der Waals surface area contributed by atoms with Crippen molar-refractivity contribution in [1.29, 1.82) is 0 Å². The minimum atomic E-state index is 0.637. The van der Waals surface area contributed by atoms with Crippen LogP contribution in [0.4, 0.5) is 0 Å². The SMILES string of the molecule is c1ccc2c(c1)CNCC2CN1CCOCC1. The third-order valence-corrected chi connectivity index (χ3v) is 3.78. The smallest absolute Gasteiger partial charge is 0.0594 e. The Bertz CT molecular complexity index is 374. The largest absolute Gasteiger partial charge is 0.379 e. The van der Waals surface area contributed by atoms with Gasteiger partial charge in [-0.25, -0.2) is 0 Å². The molecule has 2 aliphatic rings. The molecule has 1 fully saturated rings. The molecule has 0 aromatic heterocycles. The van der Waals surface area contributed by atoms with Gasteiger partial charge in [-0.05, 0) is 11.1 Å². The third kappa shape index (κ3) is 2.51. The Labute approximate surface area is 103 Å². The van der Waals surface area contributed by atoms with E-state index in [9.17, 15) is 0 Å². The number of rotatable bonds is 2. The maximum absolute atomic E-state index is 5.40. The highest BCUT2D eigenvalue weighted by molar-refractivity contribution is 5.32. The van der Waals surface area contributed by atoms with E-state index in [1.54, 1.807) is 0 Å². The molecule has 1 saturated heterocycles. The van der Waals surface area contributed by atoms with Gasteiger partial charge in [0, 0.05) is 38.6 Å². The maximum atomic E-state index is 5.40. The predicted octanol–water partition coefficient (Wildman–Crippen LogP) is 1.21. The van der Waals surface area contributed by atoms with Crippen LogP contribution in [0.15, 0.2) is 24.3 Å². The van der Waals surface area contributed by atoms with E-state index in [0.717, 1.165) is 45.9 Å². The third-order valence-electron chi connectivity index (χ3n) is 3.78. The van der Waals surface area contributed by atoms with Crippen molar-refractivity contribution in [2.24, 2.45) is 0 Å². The van der Waals surface area contributed by atoms with Crippen LogP contribution in [-0.2, 0) is 11.3 Å². The van der Waals surface area contributed by atoms with Crippen molar-refractivity contribution < 1.29 is 4.74 Å². The molecule has 0 amide bonds. The summed E-state index contributed by atoms with van der Waals surface area (Å²) in [4.78, 5) is 2.53. The van der Waals surface area contributed by atoms with Crippen molar-refractivity contribution in [2.75, 3.05) is 39.4 Å². The molecule has 1 N–H and O–H groups in total. The highest BCUT2D eigenvalue weighted by atomic mass is 16.5. The van der Waals surface area contributed by atoms with Crippen molar-refractivity contribution in [3.8, 4) is 0 Å². The summed E-state index contributed by atoms with van der Waals surface area (Å²) < 4.78 is 5.40. The zero-order valence-electron chi connectivity index (χ0n) is 10.2. The summed E-state index contributed by atoms with van der Waals surface area (Å²) in [5.41, 5.74) is 3.01. The van der Waals surface area contributed by atoms with Gasteiger partial charge in [0.1, 0.15) is 0 Å². The van der Waals surface area contributed by atoms with Crippen molar-refractivity contribution in [2.45, 2.75) is 12.5 Å². The Hall–Kier alpha value is -0.900. The normalized spacial score (nSPS) is 25.5. The zero-order valence-corrected chi connectivity index (χ0v) is 10.2. The molecule has 0 bridgehead atoms. The van der Waals surface area contributed by atoms with Gasteiger partial charge in [0.05, 0.1) is 13.2 Å².